The van der Waals surface area contributed by atoms with Crippen LogP contribution in [0.3, 0.4) is 0 Å². The Bertz CT molecular complexity index is 530. The van der Waals surface area contributed by atoms with Gasteiger partial charge in [-0.2, -0.15) is 0 Å². The average molecular weight is 238 g/mol. The zero-order valence-electron chi connectivity index (χ0n) is 8.85. The molecule has 0 aliphatic carbocycles. The number of carbonyl (C=O) groups is 1. The quantitative estimate of drug-likeness (QED) is 0.888. The lowest BCUT2D eigenvalue weighted by Crippen LogP contribution is -1.98. The van der Waals surface area contributed by atoms with Crippen molar-refractivity contribution in [2.24, 2.45) is 0 Å². The Balaban J connectivity index is 2.47. The molecule has 0 atom stereocenters. The molecule has 2 rings (SSSR count). The summed E-state index contributed by atoms with van der Waals surface area (Å²) in [6, 6.07) is 0. The van der Waals surface area contributed by atoms with Gasteiger partial charge in [-0.05, 0) is 13.3 Å². The van der Waals surface area contributed by atoms with E-state index in [1.54, 1.807) is 5.38 Å². The minimum Gasteiger partial charge on any atom is -0.475 e. The fourth-order valence-electron chi connectivity index (χ4n) is 1.33. The van der Waals surface area contributed by atoms with Crippen LogP contribution in [0.1, 0.15) is 28.2 Å². The first-order chi connectivity index (χ1) is 7.61. The molecule has 84 valence electrons. The number of hydrogen-bond donors (Lipinski definition) is 1. The van der Waals surface area contributed by atoms with E-state index in [9.17, 15) is 4.79 Å². The second kappa shape index (κ2) is 4.05. The van der Waals surface area contributed by atoms with Gasteiger partial charge in [-0.1, -0.05) is 6.92 Å². The highest BCUT2D eigenvalue weighted by molar-refractivity contribution is 7.09. The molecule has 5 nitrogen and oxygen atoms in total. The molecule has 0 bridgehead atoms. The smallest absolute Gasteiger partial charge is 0.373 e. The standard InChI is InChI=1S/C10H10N2O3S/c1-3-6-8(10(13)14)15-9(12-6)7-4-16-5(2)11-7/h4H,3H2,1-2H3,(H,13,14). The molecule has 0 fully saturated rings. The van der Waals surface area contributed by atoms with E-state index >= 15 is 0 Å². The highest BCUT2D eigenvalue weighted by Gasteiger charge is 2.19. The molecule has 6 heteroatoms. The van der Waals surface area contributed by atoms with Crippen molar-refractivity contribution in [2.75, 3.05) is 0 Å². The SMILES string of the molecule is CCc1nc(-c2csc(C)n2)oc1C(=O)O. The Labute approximate surface area is 95.8 Å². The van der Waals surface area contributed by atoms with Gasteiger partial charge in [-0.25, -0.2) is 14.8 Å². The molecule has 0 spiro atoms. The Kier molecular flexibility index (Phi) is 2.74. The fourth-order valence-corrected chi connectivity index (χ4v) is 1.92. The Hall–Kier alpha value is -1.69. The number of hydrogen-bond acceptors (Lipinski definition) is 5. The summed E-state index contributed by atoms with van der Waals surface area (Å²) in [6.07, 6.45) is 0.522. The Morgan fingerprint density at radius 3 is 2.75 bits per heavy atom. The summed E-state index contributed by atoms with van der Waals surface area (Å²) in [5.41, 5.74) is 1.04. The lowest BCUT2D eigenvalue weighted by atomic mass is 10.3. The molecule has 16 heavy (non-hydrogen) atoms. The second-order valence-electron chi connectivity index (χ2n) is 3.21. The predicted octanol–water partition coefficient (Wildman–Crippen LogP) is 2.37. The van der Waals surface area contributed by atoms with Gasteiger partial charge in [0.05, 0.1) is 10.7 Å². The van der Waals surface area contributed by atoms with Gasteiger partial charge in [0.1, 0.15) is 5.69 Å². The molecule has 0 amide bonds. The highest BCUT2D eigenvalue weighted by Crippen LogP contribution is 2.23. The van der Waals surface area contributed by atoms with Crippen LogP contribution in [-0.4, -0.2) is 21.0 Å². The van der Waals surface area contributed by atoms with E-state index < -0.39 is 5.97 Å². The molecule has 0 aromatic carbocycles. The van der Waals surface area contributed by atoms with Crippen LogP contribution in [0, 0.1) is 6.92 Å². The predicted molar refractivity (Wildman–Crippen MR) is 58.7 cm³/mol. The van der Waals surface area contributed by atoms with Crippen molar-refractivity contribution in [3.63, 3.8) is 0 Å². The first kappa shape index (κ1) is 10.8. The molecular weight excluding hydrogens is 228 g/mol. The summed E-state index contributed by atoms with van der Waals surface area (Å²) in [6.45, 7) is 3.70. The molecular formula is C10H10N2O3S. The van der Waals surface area contributed by atoms with Crippen LogP contribution >= 0.6 is 11.3 Å². The normalized spacial score (nSPS) is 10.6. The summed E-state index contributed by atoms with van der Waals surface area (Å²) >= 11 is 1.47. The third-order valence-corrected chi connectivity index (χ3v) is 2.84. The summed E-state index contributed by atoms with van der Waals surface area (Å²) < 4.78 is 5.20. The molecule has 2 aromatic heterocycles. The minimum atomic E-state index is -1.09. The molecule has 0 unspecified atom stereocenters. The Morgan fingerprint density at radius 1 is 1.56 bits per heavy atom. The van der Waals surface area contributed by atoms with Crippen LogP contribution in [-0.2, 0) is 6.42 Å². The van der Waals surface area contributed by atoms with Crippen molar-refractivity contribution in [3.8, 4) is 11.6 Å². The molecule has 0 aliphatic heterocycles. The largest absolute Gasteiger partial charge is 0.475 e. The van der Waals surface area contributed by atoms with Gasteiger partial charge in [0.25, 0.3) is 0 Å². The van der Waals surface area contributed by atoms with Crippen molar-refractivity contribution < 1.29 is 14.3 Å². The molecule has 0 radical (unpaired) electrons. The van der Waals surface area contributed by atoms with Gasteiger partial charge in [0, 0.05) is 5.38 Å². The summed E-state index contributed by atoms with van der Waals surface area (Å²) in [5, 5.41) is 11.6. The maximum Gasteiger partial charge on any atom is 0.373 e. The zero-order valence-corrected chi connectivity index (χ0v) is 9.67. The number of aromatic carboxylic acids is 1. The van der Waals surface area contributed by atoms with E-state index in [4.69, 9.17) is 9.52 Å². The van der Waals surface area contributed by atoms with Gasteiger partial charge in [-0.3, -0.25) is 0 Å². The number of rotatable bonds is 3. The van der Waals surface area contributed by atoms with Crippen molar-refractivity contribution in [3.05, 3.63) is 21.8 Å². The first-order valence-electron chi connectivity index (χ1n) is 4.77. The number of oxazole rings is 1. The van der Waals surface area contributed by atoms with E-state index in [0.29, 0.717) is 17.8 Å². The summed E-state index contributed by atoms with van der Waals surface area (Å²) in [5.74, 6) is -0.913. The summed E-state index contributed by atoms with van der Waals surface area (Å²) in [4.78, 5) is 19.2. The van der Waals surface area contributed by atoms with Crippen LogP contribution in [0.2, 0.25) is 0 Å². The summed E-state index contributed by atoms with van der Waals surface area (Å²) in [7, 11) is 0. The lowest BCUT2D eigenvalue weighted by molar-refractivity contribution is 0.0662. The monoisotopic (exact) mass is 238 g/mol. The molecule has 0 aliphatic rings. The van der Waals surface area contributed by atoms with Crippen LogP contribution in [0.15, 0.2) is 9.80 Å². The zero-order chi connectivity index (χ0) is 11.7. The molecule has 0 saturated carbocycles. The fraction of sp³-hybridized carbons (Fsp3) is 0.300. The van der Waals surface area contributed by atoms with Crippen molar-refractivity contribution in [1.82, 2.24) is 9.97 Å². The van der Waals surface area contributed by atoms with Gasteiger partial charge < -0.3 is 9.52 Å². The second-order valence-corrected chi connectivity index (χ2v) is 4.27. The topological polar surface area (TPSA) is 76.2 Å². The van der Waals surface area contributed by atoms with Crippen molar-refractivity contribution >= 4 is 17.3 Å². The van der Waals surface area contributed by atoms with E-state index in [0.717, 1.165) is 5.01 Å². The third kappa shape index (κ3) is 1.83. The van der Waals surface area contributed by atoms with E-state index in [-0.39, 0.29) is 11.7 Å². The minimum absolute atomic E-state index is 0.0943. The van der Waals surface area contributed by atoms with Crippen LogP contribution in [0.25, 0.3) is 11.6 Å². The average Bonchev–Trinajstić information content (AvgIpc) is 2.82. The number of thiazole rings is 1. The molecule has 2 aromatic rings. The highest BCUT2D eigenvalue weighted by atomic mass is 32.1. The van der Waals surface area contributed by atoms with Crippen molar-refractivity contribution in [2.45, 2.75) is 20.3 Å². The van der Waals surface area contributed by atoms with E-state index in [1.165, 1.54) is 11.3 Å². The maximum absolute atomic E-state index is 10.9. The number of carboxylic acid groups (broad SMARTS) is 1. The number of aromatic nitrogens is 2. The van der Waals surface area contributed by atoms with E-state index in [1.807, 2.05) is 13.8 Å². The number of nitrogens with zero attached hydrogens (tertiary/aromatic N) is 2. The van der Waals surface area contributed by atoms with E-state index in [2.05, 4.69) is 9.97 Å². The van der Waals surface area contributed by atoms with Gasteiger partial charge >= 0.3 is 5.97 Å². The lowest BCUT2D eigenvalue weighted by Gasteiger charge is -1.88. The van der Waals surface area contributed by atoms with Crippen LogP contribution in [0.5, 0.6) is 0 Å². The van der Waals surface area contributed by atoms with Gasteiger partial charge in [0.2, 0.25) is 11.7 Å². The third-order valence-electron chi connectivity index (χ3n) is 2.06. The van der Waals surface area contributed by atoms with Crippen LogP contribution < -0.4 is 0 Å². The number of aryl methyl sites for hydroxylation is 2. The first-order valence-corrected chi connectivity index (χ1v) is 5.65. The van der Waals surface area contributed by atoms with Gasteiger partial charge in [0.15, 0.2) is 0 Å². The molecule has 1 N–H and O–H groups in total. The molecule has 2 heterocycles. The van der Waals surface area contributed by atoms with Gasteiger partial charge in [-0.15, -0.1) is 11.3 Å². The van der Waals surface area contributed by atoms with Crippen LogP contribution in [0.4, 0.5) is 0 Å². The number of carboxylic acids is 1. The molecule has 0 saturated heterocycles. The van der Waals surface area contributed by atoms with Crippen molar-refractivity contribution in [1.29, 1.82) is 0 Å². The Morgan fingerprint density at radius 2 is 2.31 bits per heavy atom. The maximum atomic E-state index is 10.9.